The first-order chi connectivity index (χ1) is 9.99. The molecule has 1 saturated heterocycles. The van der Waals surface area contributed by atoms with Crippen LogP contribution in [0.1, 0.15) is 52.4 Å². The van der Waals surface area contributed by atoms with Crippen molar-refractivity contribution in [2.45, 2.75) is 64.5 Å². The summed E-state index contributed by atoms with van der Waals surface area (Å²) in [5, 5.41) is 3.17. The van der Waals surface area contributed by atoms with Crippen molar-refractivity contribution in [2.24, 2.45) is 17.6 Å². The Morgan fingerprint density at radius 3 is 2.62 bits per heavy atom. The molecule has 2 amide bonds. The quantitative estimate of drug-likeness (QED) is 0.820. The predicted octanol–water partition coefficient (Wildman–Crippen LogP) is 1.27. The van der Waals surface area contributed by atoms with E-state index in [0.29, 0.717) is 18.4 Å². The minimum Gasteiger partial charge on any atom is -0.368 e. The van der Waals surface area contributed by atoms with Crippen molar-refractivity contribution in [1.29, 1.82) is 0 Å². The second kappa shape index (κ2) is 7.25. The molecule has 0 spiro atoms. The van der Waals surface area contributed by atoms with E-state index in [4.69, 9.17) is 5.73 Å². The number of nitrogens with zero attached hydrogens (tertiary/aromatic N) is 1. The zero-order chi connectivity index (χ0) is 15.4. The fourth-order valence-electron chi connectivity index (χ4n) is 3.73. The molecule has 0 bridgehead atoms. The second-order valence-electron chi connectivity index (χ2n) is 6.83. The Labute approximate surface area is 127 Å². The molecule has 0 aromatic heterocycles. The number of hydrogen-bond acceptors (Lipinski definition) is 3. The summed E-state index contributed by atoms with van der Waals surface area (Å²) in [6, 6.07) is 0.00488. The molecule has 0 radical (unpaired) electrons. The Bertz CT molecular complexity index is 386. The Hall–Kier alpha value is -1.10. The Morgan fingerprint density at radius 2 is 1.90 bits per heavy atom. The number of hydrogen-bond donors (Lipinski definition) is 2. The van der Waals surface area contributed by atoms with E-state index in [-0.39, 0.29) is 23.9 Å². The van der Waals surface area contributed by atoms with Crippen molar-refractivity contribution in [3.63, 3.8) is 0 Å². The molecule has 1 aliphatic carbocycles. The van der Waals surface area contributed by atoms with Crippen LogP contribution in [-0.2, 0) is 9.59 Å². The predicted molar refractivity (Wildman–Crippen MR) is 82.5 cm³/mol. The van der Waals surface area contributed by atoms with Gasteiger partial charge < -0.3 is 11.1 Å². The molecule has 3 N–H and O–H groups in total. The van der Waals surface area contributed by atoms with Gasteiger partial charge in [0.2, 0.25) is 11.8 Å². The SMILES string of the molecule is C[C@H]1[C@H](C)CCC[C@@H]1NC(=O)CN1CCCC[C@@H]1C(N)=O. The molecule has 120 valence electrons. The lowest BCUT2D eigenvalue weighted by Crippen LogP contribution is -2.53. The maximum absolute atomic E-state index is 12.3. The van der Waals surface area contributed by atoms with Gasteiger partial charge in [-0.25, -0.2) is 0 Å². The molecule has 0 unspecified atom stereocenters. The average molecular weight is 295 g/mol. The minimum absolute atomic E-state index is 0.0362. The topological polar surface area (TPSA) is 75.4 Å². The third-order valence-electron chi connectivity index (χ3n) is 5.34. The van der Waals surface area contributed by atoms with Gasteiger partial charge in [-0.05, 0) is 37.6 Å². The minimum atomic E-state index is -0.304. The maximum Gasteiger partial charge on any atom is 0.234 e. The Balaban J connectivity index is 1.87. The molecule has 0 aromatic rings. The summed E-state index contributed by atoms with van der Waals surface area (Å²) >= 11 is 0. The van der Waals surface area contributed by atoms with Gasteiger partial charge in [0.25, 0.3) is 0 Å². The highest BCUT2D eigenvalue weighted by Gasteiger charge is 2.31. The number of nitrogens with one attached hydrogen (secondary N) is 1. The number of primary amides is 1. The van der Waals surface area contributed by atoms with Crippen LogP contribution in [0.15, 0.2) is 0 Å². The number of likely N-dealkylation sites (tertiary alicyclic amines) is 1. The van der Waals surface area contributed by atoms with Gasteiger partial charge in [0.15, 0.2) is 0 Å². The molecule has 2 rings (SSSR count). The smallest absolute Gasteiger partial charge is 0.234 e. The van der Waals surface area contributed by atoms with Crippen molar-refractivity contribution in [3.05, 3.63) is 0 Å². The van der Waals surface area contributed by atoms with Gasteiger partial charge in [0.05, 0.1) is 12.6 Å². The highest BCUT2D eigenvalue weighted by atomic mass is 16.2. The van der Waals surface area contributed by atoms with E-state index >= 15 is 0 Å². The summed E-state index contributed by atoms with van der Waals surface area (Å²) in [6.07, 6.45) is 6.33. The lowest BCUT2D eigenvalue weighted by molar-refractivity contribution is -0.128. The van der Waals surface area contributed by atoms with Crippen LogP contribution in [0.5, 0.6) is 0 Å². The number of rotatable bonds is 4. The summed E-state index contributed by atoms with van der Waals surface area (Å²) in [5.41, 5.74) is 5.45. The zero-order valence-electron chi connectivity index (χ0n) is 13.3. The van der Waals surface area contributed by atoms with Crippen LogP contribution >= 0.6 is 0 Å². The summed E-state index contributed by atoms with van der Waals surface area (Å²) in [5.74, 6) is 0.921. The van der Waals surface area contributed by atoms with Crippen LogP contribution in [0.4, 0.5) is 0 Å². The van der Waals surface area contributed by atoms with Gasteiger partial charge in [-0.1, -0.05) is 33.1 Å². The molecule has 21 heavy (non-hydrogen) atoms. The Kier molecular flexibility index (Phi) is 5.62. The van der Waals surface area contributed by atoms with Crippen LogP contribution in [-0.4, -0.2) is 41.9 Å². The van der Waals surface area contributed by atoms with Gasteiger partial charge in [-0.2, -0.15) is 0 Å². The first-order valence-electron chi connectivity index (χ1n) is 8.31. The lowest BCUT2D eigenvalue weighted by atomic mass is 9.78. The fraction of sp³-hybridized carbons (Fsp3) is 0.875. The first kappa shape index (κ1) is 16.3. The molecule has 2 aliphatic rings. The van der Waals surface area contributed by atoms with Crippen LogP contribution in [0.25, 0.3) is 0 Å². The van der Waals surface area contributed by atoms with E-state index in [1.807, 2.05) is 4.90 Å². The highest BCUT2D eigenvalue weighted by molar-refractivity contribution is 5.82. The molecule has 2 fully saturated rings. The van der Waals surface area contributed by atoms with Crippen molar-refractivity contribution in [3.8, 4) is 0 Å². The second-order valence-corrected chi connectivity index (χ2v) is 6.83. The zero-order valence-corrected chi connectivity index (χ0v) is 13.3. The van der Waals surface area contributed by atoms with Crippen molar-refractivity contribution in [1.82, 2.24) is 10.2 Å². The standard InChI is InChI=1S/C16H29N3O2/c1-11-6-5-7-13(12(11)2)18-15(20)10-19-9-4-3-8-14(19)16(17)21/h11-14H,3-10H2,1-2H3,(H2,17,21)(H,18,20)/t11-,12+,13+,14-/m1/s1. The van der Waals surface area contributed by atoms with Crippen molar-refractivity contribution < 1.29 is 9.59 Å². The fourth-order valence-corrected chi connectivity index (χ4v) is 3.73. The summed E-state index contributed by atoms with van der Waals surface area (Å²) in [6.45, 7) is 5.57. The molecule has 4 atom stereocenters. The summed E-state index contributed by atoms with van der Waals surface area (Å²) in [7, 11) is 0. The van der Waals surface area contributed by atoms with Gasteiger partial charge in [-0.3, -0.25) is 14.5 Å². The number of carbonyl (C=O) groups excluding carboxylic acids is 2. The Morgan fingerprint density at radius 1 is 1.14 bits per heavy atom. The van der Waals surface area contributed by atoms with E-state index in [2.05, 4.69) is 19.2 Å². The summed E-state index contributed by atoms with van der Waals surface area (Å²) < 4.78 is 0. The monoisotopic (exact) mass is 295 g/mol. The van der Waals surface area contributed by atoms with Crippen LogP contribution in [0.3, 0.4) is 0 Å². The molecule has 5 nitrogen and oxygen atoms in total. The number of carbonyl (C=O) groups is 2. The largest absolute Gasteiger partial charge is 0.368 e. The van der Waals surface area contributed by atoms with Crippen LogP contribution in [0, 0.1) is 11.8 Å². The van der Waals surface area contributed by atoms with Gasteiger partial charge >= 0.3 is 0 Å². The maximum atomic E-state index is 12.3. The summed E-state index contributed by atoms with van der Waals surface area (Å²) in [4.78, 5) is 25.7. The van der Waals surface area contributed by atoms with Crippen LogP contribution in [0.2, 0.25) is 0 Å². The van der Waals surface area contributed by atoms with Crippen molar-refractivity contribution in [2.75, 3.05) is 13.1 Å². The molecule has 0 aromatic carbocycles. The first-order valence-corrected chi connectivity index (χ1v) is 8.31. The van der Waals surface area contributed by atoms with E-state index in [0.717, 1.165) is 32.2 Å². The molecule has 1 heterocycles. The van der Waals surface area contributed by atoms with Gasteiger partial charge in [0, 0.05) is 6.04 Å². The van der Waals surface area contributed by atoms with E-state index < -0.39 is 0 Å². The van der Waals surface area contributed by atoms with Gasteiger partial charge in [-0.15, -0.1) is 0 Å². The van der Waals surface area contributed by atoms with Gasteiger partial charge in [0.1, 0.15) is 0 Å². The third kappa shape index (κ3) is 4.19. The average Bonchev–Trinajstić information content (AvgIpc) is 2.44. The molecular weight excluding hydrogens is 266 g/mol. The highest BCUT2D eigenvalue weighted by Crippen LogP contribution is 2.29. The normalized spacial score (nSPS) is 34.4. The number of amides is 2. The van der Waals surface area contributed by atoms with E-state index in [1.165, 1.54) is 12.8 Å². The van der Waals surface area contributed by atoms with E-state index in [9.17, 15) is 9.59 Å². The number of nitrogens with two attached hydrogens (primary N) is 1. The molecule has 1 saturated carbocycles. The van der Waals surface area contributed by atoms with E-state index in [1.54, 1.807) is 0 Å². The third-order valence-corrected chi connectivity index (χ3v) is 5.34. The molecule has 1 aliphatic heterocycles. The number of piperidine rings is 1. The molecular formula is C16H29N3O2. The lowest BCUT2D eigenvalue weighted by Gasteiger charge is -2.36. The molecule has 5 heteroatoms. The van der Waals surface area contributed by atoms with Crippen LogP contribution < -0.4 is 11.1 Å². The van der Waals surface area contributed by atoms with Crippen molar-refractivity contribution >= 4 is 11.8 Å².